The summed E-state index contributed by atoms with van der Waals surface area (Å²) in [5.41, 5.74) is 6.46. The van der Waals surface area contributed by atoms with Gasteiger partial charge in [0.2, 0.25) is 0 Å². The van der Waals surface area contributed by atoms with Crippen molar-refractivity contribution in [3.8, 4) is 5.75 Å². The Bertz CT molecular complexity index is 430. The molecule has 5 heteroatoms. The minimum Gasteiger partial charge on any atom is -0.494 e. The van der Waals surface area contributed by atoms with Gasteiger partial charge < -0.3 is 15.2 Å². The van der Waals surface area contributed by atoms with Crippen LogP contribution < -0.4 is 10.5 Å². The van der Waals surface area contributed by atoms with Gasteiger partial charge in [0.05, 0.1) is 34.2 Å². The van der Waals surface area contributed by atoms with E-state index < -0.39 is 10.8 Å². The first-order valence-corrected chi connectivity index (χ1v) is 7.44. The summed E-state index contributed by atoms with van der Waals surface area (Å²) in [6, 6.07) is 5.34. The summed E-state index contributed by atoms with van der Waals surface area (Å²) in [6.07, 6.45) is 1.88. The van der Waals surface area contributed by atoms with Gasteiger partial charge in [-0.1, -0.05) is 0 Å². The van der Waals surface area contributed by atoms with Crippen LogP contribution in [0.5, 0.6) is 5.75 Å². The van der Waals surface area contributed by atoms with Crippen molar-refractivity contribution in [2.45, 2.75) is 29.9 Å². The van der Waals surface area contributed by atoms with Gasteiger partial charge >= 0.3 is 0 Å². The molecule has 2 atom stereocenters. The lowest BCUT2D eigenvalue weighted by Crippen LogP contribution is -2.27. The molecule has 1 aromatic carbocycles. The summed E-state index contributed by atoms with van der Waals surface area (Å²) in [4.78, 5) is 0.663. The van der Waals surface area contributed by atoms with E-state index in [0.29, 0.717) is 29.5 Å². The average Bonchev–Trinajstić information content (AvgIpc) is 2.41. The molecule has 1 heterocycles. The Morgan fingerprint density at radius 3 is 3.06 bits per heavy atom. The molecule has 1 saturated heterocycles. The lowest BCUT2D eigenvalue weighted by Gasteiger charge is -2.22. The summed E-state index contributed by atoms with van der Waals surface area (Å²) in [5.74, 6) is 0.715. The lowest BCUT2D eigenvalue weighted by atomic mass is 10.2. The molecule has 18 heavy (non-hydrogen) atoms. The second-order valence-electron chi connectivity index (χ2n) is 4.27. The molecule has 0 bridgehead atoms. The SMILES string of the molecule is CCOc1ccc(N)c(S(=O)C2CCCOC2)c1. The van der Waals surface area contributed by atoms with Crippen LogP contribution >= 0.6 is 0 Å². The van der Waals surface area contributed by atoms with Crippen molar-refractivity contribution in [3.05, 3.63) is 18.2 Å². The summed E-state index contributed by atoms with van der Waals surface area (Å²) >= 11 is 0. The van der Waals surface area contributed by atoms with Gasteiger partial charge in [0.1, 0.15) is 5.75 Å². The van der Waals surface area contributed by atoms with E-state index in [9.17, 15) is 4.21 Å². The Kier molecular flexibility index (Phi) is 4.60. The maximum atomic E-state index is 12.5. The Morgan fingerprint density at radius 2 is 2.39 bits per heavy atom. The van der Waals surface area contributed by atoms with Gasteiger partial charge in [0.25, 0.3) is 0 Å². The summed E-state index contributed by atoms with van der Waals surface area (Å²) in [7, 11) is -1.13. The minimum atomic E-state index is -1.13. The third-order valence-electron chi connectivity index (χ3n) is 2.93. The van der Waals surface area contributed by atoms with Crippen molar-refractivity contribution in [3.63, 3.8) is 0 Å². The van der Waals surface area contributed by atoms with Crippen molar-refractivity contribution in [2.75, 3.05) is 25.6 Å². The van der Waals surface area contributed by atoms with Gasteiger partial charge in [-0.3, -0.25) is 4.21 Å². The van der Waals surface area contributed by atoms with Crippen molar-refractivity contribution in [1.82, 2.24) is 0 Å². The smallest absolute Gasteiger partial charge is 0.120 e. The number of nitrogens with two attached hydrogens (primary N) is 1. The minimum absolute atomic E-state index is 0.0397. The molecular formula is C13H19NO3S. The number of anilines is 1. The normalized spacial score (nSPS) is 21.5. The number of ether oxygens (including phenoxy) is 2. The highest BCUT2D eigenvalue weighted by molar-refractivity contribution is 7.85. The molecule has 2 unspecified atom stereocenters. The van der Waals surface area contributed by atoms with Crippen LogP contribution in [0, 0.1) is 0 Å². The predicted molar refractivity (Wildman–Crippen MR) is 72.3 cm³/mol. The van der Waals surface area contributed by atoms with E-state index in [0.717, 1.165) is 19.4 Å². The van der Waals surface area contributed by atoms with E-state index >= 15 is 0 Å². The monoisotopic (exact) mass is 269 g/mol. The molecule has 100 valence electrons. The van der Waals surface area contributed by atoms with Crippen LogP contribution in [0.1, 0.15) is 19.8 Å². The molecule has 0 saturated carbocycles. The Morgan fingerprint density at radius 1 is 1.56 bits per heavy atom. The van der Waals surface area contributed by atoms with E-state index in [2.05, 4.69) is 0 Å². The summed E-state index contributed by atoms with van der Waals surface area (Å²) in [6.45, 7) is 3.82. The maximum Gasteiger partial charge on any atom is 0.120 e. The Hall–Kier alpha value is -1.07. The van der Waals surface area contributed by atoms with E-state index in [4.69, 9.17) is 15.2 Å². The summed E-state index contributed by atoms with van der Waals surface area (Å²) in [5, 5.41) is 0.0397. The zero-order valence-electron chi connectivity index (χ0n) is 10.6. The van der Waals surface area contributed by atoms with Gasteiger partial charge in [0.15, 0.2) is 0 Å². The average molecular weight is 269 g/mol. The first-order valence-electron chi connectivity index (χ1n) is 6.23. The number of rotatable bonds is 4. The van der Waals surface area contributed by atoms with E-state index in [1.165, 1.54) is 0 Å². The van der Waals surface area contributed by atoms with E-state index in [-0.39, 0.29) is 5.25 Å². The molecular weight excluding hydrogens is 250 g/mol. The van der Waals surface area contributed by atoms with Gasteiger partial charge in [-0.2, -0.15) is 0 Å². The molecule has 1 aliphatic heterocycles. The second kappa shape index (κ2) is 6.20. The van der Waals surface area contributed by atoms with E-state index in [1.54, 1.807) is 18.2 Å². The second-order valence-corrected chi connectivity index (χ2v) is 5.97. The molecule has 1 aliphatic rings. The predicted octanol–water partition coefficient (Wildman–Crippen LogP) is 1.95. The third kappa shape index (κ3) is 3.03. The van der Waals surface area contributed by atoms with Crippen LogP contribution in [0.25, 0.3) is 0 Å². The zero-order chi connectivity index (χ0) is 13.0. The van der Waals surface area contributed by atoms with Crippen molar-refractivity contribution in [2.24, 2.45) is 0 Å². The zero-order valence-corrected chi connectivity index (χ0v) is 11.4. The molecule has 0 aromatic heterocycles. The Balaban J connectivity index is 2.19. The molecule has 0 spiro atoms. The van der Waals surface area contributed by atoms with Gasteiger partial charge in [-0.15, -0.1) is 0 Å². The fourth-order valence-electron chi connectivity index (χ4n) is 2.00. The quantitative estimate of drug-likeness (QED) is 0.849. The highest BCUT2D eigenvalue weighted by atomic mass is 32.2. The molecule has 4 nitrogen and oxygen atoms in total. The van der Waals surface area contributed by atoms with Crippen LogP contribution in [0.3, 0.4) is 0 Å². The van der Waals surface area contributed by atoms with E-state index in [1.807, 2.05) is 6.92 Å². The molecule has 0 aliphatic carbocycles. The van der Waals surface area contributed by atoms with Crippen molar-refractivity contribution < 1.29 is 13.7 Å². The highest BCUT2D eigenvalue weighted by Gasteiger charge is 2.23. The fourth-order valence-corrected chi connectivity index (χ4v) is 3.50. The van der Waals surface area contributed by atoms with Crippen LogP contribution in [-0.4, -0.2) is 29.3 Å². The first kappa shape index (κ1) is 13.4. The largest absolute Gasteiger partial charge is 0.494 e. The van der Waals surface area contributed by atoms with Crippen molar-refractivity contribution >= 4 is 16.5 Å². The molecule has 1 aromatic rings. The topological polar surface area (TPSA) is 61.5 Å². The number of benzene rings is 1. The first-order chi connectivity index (χ1) is 8.72. The third-order valence-corrected chi connectivity index (χ3v) is 4.70. The van der Waals surface area contributed by atoms with Crippen LogP contribution in [0.2, 0.25) is 0 Å². The standard InChI is InChI=1S/C13H19NO3S/c1-2-17-10-5-6-12(14)13(8-10)18(15)11-4-3-7-16-9-11/h5-6,8,11H,2-4,7,9,14H2,1H3. The molecule has 2 rings (SSSR count). The number of nitrogen functional groups attached to an aromatic ring is 1. The lowest BCUT2D eigenvalue weighted by molar-refractivity contribution is 0.100. The van der Waals surface area contributed by atoms with Gasteiger partial charge in [-0.25, -0.2) is 0 Å². The number of hydrogen-bond donors (Lipinski definition) is 1. The molecule has 0 radical (unpaired) electrons. The summed E-state index contributed by atoms with van der Waals surface area (Å²) < 4.78 is 23.3. The Labute approximate surface area is 110 Å². The fraction of sp³-hybridized carbons (Fsp3) is 0.538. The maximum absolute atomic E-state index is 12.5. The van der Waals surface area contributed by atoms with Crippen LogP contribution in [0.15, 0.2) is 23.1 Å². The van der Waals surface area contributed by atoms with Crippen molar-refractivity contribution in [1.29, 1.82) is 0 Å². The van der Waals surface area contributed by atoms with Gasteiger partial charge in [0, 0.05) is 12.3 Å². The molecule has 1 fully saturated rings. The molecule has 0 amide bonds. The highest BCUT2D eigenvalue weighted by Crippen LogP contribution is 2.27. The van der Waals surface area contributed by atoms with Crippen LogP contribution in [-0.2, 0) is 15.5 Å². The van der Waals surface area contributed by atoms with Gasteiger partial charge in [-0.05, 0) is 38.0 Å². The molecule has 2 N–H and O–H groups in total. The number of hydrogen-bond acceptors (Lipinski definition) is 4. The van der Waals surface area contributed by atoms with Crippen LogP contribution in [0.4, 0.5) is 5.69 Å².